The molecule has 196 valence electrons. The Bertz CT molecular complexity index is 1170. The molecule has 1 aliphatic heterocycles. The molecule has 1 aliphatic rings. The van der Waals surface area contributed by atoms with Gasteiger partial charge >= 0.3 is 6.09 Å². The van der Waals surface area contributed by atoms with Crippen LogP contribution in [0.15, 0.2) is 53.4 Å². The third-order valence-electron chi connectivity index (χ3n) is 5.84. The third kappa shape index (κ3) is 7.36. The second-order valence-corrected chi connectivity index (χ2v) is 12.3. The van der Waals surface area contributed by atoms with E-state index >= 15 is 0 Å². The van der Waals surface area contributed by atoms with E-state index in [1.165, 1.54) is 12.1 Å². The number of sulfonamides is 1. The first-order chi connectivity index (χ1) is 16.9. The zero-order valence-electron chi connectivity index (χ0n) is 21.2. The number of hydrogen-bond acceptors (Lipinski definition) is 5. The number of halogens is 1. The topological polar surface area (TPSA) is 96.0 Å². The van der Waals surface area contributed by atoms with Crippen molar-refractivity contribution < 1.29 is 22.7 Å². The first-order valence-electron chi connectivity index (χ1n) is 12.0. The summed E-state index contributed by atoms with van der Waals surface area (Å²) in [7, 11) is -4.03. The lowest BCUT2D eigenvalue weighted by Gasteiger charge is -2.33. The Morgan fingerprint density at radius 2 is 1.75 bits per heavy atom. The maximum Gasteiger partial charge on any atom is 0.410 e. The van der Waals surface area contributed by atoms with E-state index < -0.39 is 28.1 Å². The second-order valence-electron chi connectivity index (χ2n) is 9.99. The average molecular weight is 536 g/mol. The first kappa shape index (κ1) is 27.8. The van der Waals surface area contributed by atoms with Crippen LogP contribution >= 0.6 is 11.6 Å². The number of rotatable bonds is 7. The van der Waals surface area contributed by atoms with E-state index in [2.05, 4.69) is 5.32 Å². The van der Waals surface area contributed by atoms with Gasteiger partial charge in [0.05, 0.1) is 15.6 Å². The fraction of sp³-hybridized carbons (Fsp3) is 0.462. The first-order valence-corrected chi connectivity index (χ1v) is 13.8. The van der Waals surface area contributed by atoms with Crippen LogP contribution < -0.4 is 9.62 Å². The van der Waals surface area contributed by atoms with Crippen molar-refractivity contribution in [1.29, 1.82) is 0 Å². The van der Waals surface area contributed by atoms with Gasteiger partial charge in [0.15, 0.2) is 0 Å². The van der Waals surface area contributed by atoms with Gasteiger partial charge in [-0.2, -0.15) is 0 Å². The standard InChI is InChI=1S/C26H34ClN3O5S/c1-19-10-11-22(27)23(16-19)30(36(33,34)21-8-6-5-7-9-21)18-24(31)28-17-20-12-14-29(15-13-20)25(32)35-26(2,3)4/h5-11,16,20H,12-15,17-18H2,1-4H3,(H,28,31). The number of hydrogen-bond donors (Lipinski definition) is 1. The van der Waals surface area contributed by atoms with Crippen molar-refractivity contribution in [3.05, 3.63) is 59.1 Å². The average Bonchev–Trinajstić information content (AvgIpc) is 2.82. The molecule has 1 N–H and O–H groups in total. The Kier molecular flexibility index (Phi) is 8.89. The van der Waals surface area contributed by atoms with Gasteiger partial charge in [-0.1, -0.05) is 35.9 Å². The number of anilines is 1. The van der Waals surface area contributed by atoms with Crippen LogP contribution in [-0.2, 0) is 19.6 Å². The quantitative estimate of drug-likeness (QED) is 0.558. The number of aryl methyl sites for hydroxylation is 1. The van der Waals surface area contributed by atoms with Gasteiger partial charge in [-0.15, -0.1) is 0 Å². The Labute approximate surface area is 218 Å². The summed E-state index contributed by atoms with van der Waals surface area (Å²) < 4.78 is 33.4. The number of amides is 2. The fourth-order valence-corrected chi connectivity index (χ4v) is 5.65. The molecule has 0 aliphatic carbocycles. The molecule has 2 amide bonds. The number of carbonyl (C=O) groups excluding carboxylic acids is 2. The number of carbonyl (C=O) groups is 2. The molecule has 36 heavy (non-hydrogen) atoms. The zero-order chi connectivity index (χ0) is 26.5. The number of benzene rings is 2. The summed E-state index contributed by atoms with van der Waals surface area (Å²) in [5, 5.41) is 3.11. The molecule has 10 heteroatoms. The van der Waals surface area contributed by atoms with Gasteiger partial charge < -0.3 is 15.0 Å². The van der Waals surface area contributed by atoms with Crippen LogP contribution in [0.1, 0.15) is 39.2 Å². The second kappa shape index (κ2) is 11.5. The molecule has 0 atom stereocenters. The monoisotopic (exact) mass is 535 g/mol. The molecule has 3 rings (SSSR count). The Morgan fingerprint density at radius 3 is 2.36 bits per heavy atom. The summed E-state index contributed by atoms with van der Waals surface area (Å²) in [5.74, 6) is -0.254. The highest BCUT2D eigenvalue weighted by Gasteiger charge is 2.30. The highest BCUT2D eigenvalue weighted by molar-refractivity contribution is 7.92. The Balaban J connectivity index is 1.66. The Hall–Kier alpha value is -2.78. The van der Waals surface area contributed by atoms with E-state index in [1.54, 1.807) is 41.3 Å². The van der Waals surface area contributed by atoms with Gasteiger partial charge in [0, 0.05) is 19.6 Å². The lowest BCUT2D eigenvalue weighted by Crippen LogP contribution is -2.45. The molecule has 0 saturated carbocycles. The molecule has 0 spiro atoms. The van der Waals surface area contributed by atoms with Gasteiger partial charge in [-0.05, 0) is 76.3 Å². The smallest absolute Gasteiger partial charge is 0.410 e. The maximum absolute atomic E-state index is 13.5. The highest BCUT2D eigenvalue weighted by Crippen LogP contribution is 2.31. The molecule has 0 aromatic heterocycles. The van der Waals surface area contributed by atoms with E-state index in [4.69, 9.17) is 16.3 Å². The fourth-order valence-electron chi connectivity index (χ4n) is 3.92. The summed E-state index contributed by atoms with van der Waals surface area (Å²) in [6.45, 7) is 8.40. The van der Waals surface area contributed by atoms with Crippen molar-refractivity contribution in [3.63, 3.8) is 0 Å². The Morgan fingerprint density at radius 1 is 1.11 bits per heavy atom. The number of nitrogens with one attached hydrogen (secondary N) is 1. The SMILES string of the molecule is Cc1ccc(Cl)c(N(CC(=O)NCC2CCN(C(=O)OC(C)(C)C)CC2)S(=O)(=O)c2ccccc2)c1. The van der Waals surface area contributed by atoms with Crippen molar-refractivity contribution in [2.75, 3.05) is 30.5 Å². The summed E-state index contributed by atoms with van der Waals surface area (Å²) in [6, 6.07) is 13.0. The van der Waals surface area contributed by atoms with Crippen molar-refractivity contribution in [3.8, 4) is 0 Å². The van der Waals surface area contributed by atoms with Crippen LogP contribution in [0, 0.1) is 12.8 Å². The van der Waals surface area contributed by atoms with E-state index in [1.807, 2.05) is 27.7 Å². The van der Waals surface area contributed by atoms with E-state index in [0.717, 1.165) is 22.7 Å². The van der Waals surface area contributed by atoms with Gasteiger partial charge in [0.1, 0.15) is 12.1 Å². The minimum atomic E-state index is -4.03. The van der Waals surface area contributed by atoms with Gasteiger partial charge in [-0.25, -0.2) is 13.2 Å². The van der Waals surface area contributed by atoms with E-state index in [0.29, 0.717) is 19.6 Å². The lowest BCUT2D eigenvalue weighted by molar-refractivity contribution is -0.119. The van der Waals surface area contributed by atoms with Gasteiger partial charge in [-0.3, -0.25) is 9.10 Å². The number of ether oxygens (including phenoxy) is 1. The van der Waals surface area contributed by atoms with E-state index in [9.17, 15) is 18.0 Å². The molecule has 2 aromatic carbocycles. The minimum Gasteiger partial charge on any atom is -0.444 e. The molecule has 1 fully saturated rings. The van der Waals surface area contributed by atoms with Gasteiger partial charge in [0.25, 0.3) is 10.0 Å². The lowest BCUT2D eigenvalue weighted by atomic mass is 9.97. The number of nitrogens with zero attached hydrogens (tertiary/aromatic N) is 2. The maximum atomic E-state index is 13.5. The van der Waals surface area contributed by atoms with Crippen LogP contribution in [0.25, 0.3) is 0 Å². The summed E-state index contributed by atoms with van der Waals surface area (Å²) in [4.78, 5) is 26.9. The van der Waals surface area contributed by atoms with E-state index in [-0.39, 0.29) is 27.6 Å². The molecule has 0 bridgehead atoms. The van der Waals surface area contributed by atoms with Crippen molar-refractivity contribution in [1.82, 2.24) is 10.2 Å². The van der Waals surface area contributed by atoms with Crippen molar-refractivity contribution in [2.24, 2.45) is 5.92 Å². The molecule has 2 aromatic rings. The minimum absolute atomic E-state index is 0.0740. The van der Waals surface area contributed by atoms with Crippen LogP contribution in [-0.4, -0.2) is 57.1 Å². The molecular weight excluding hydrogens is 502 g/mol. The zero-order valence-corrected chi connectivity index (χ0v) is 22.7. The van der Waals surface area contributed by atoms with Gasteiger partial charge in [0.2, 0.25) is 5.91 Å². The third-order valence-corrected chi connectivity index (χ3v) is 7.94. The van der Waals surface area contributed by atoms with Crippen LogP contribution in [0.2, 0.25) is 5.02 Å². The van der Waals surface area contributed by atoms with Crippen LogP contribution in [0.4, 0.5) is 10.5 Å². The molecule has 1 heterocycles. The summed E-state index contributed by atoms with van der Waals surface area (Å²) >= 11 is 6.37. The molecule has 0 unspecified atom stereocenters. The predicted molar refractivity (Wildman–Crippen MR) is 141 cm³/mol. The summed E-state index contributed by atoms with van der Waals surface area (Å²) in [6.07, 6.45) is 1.10. The van der Waals surface area contributed by atoms with Crippen LogP contribution in [0.5, 0.6) is 0 Å². The largest absolute Gasteiger partial charge is 0.444 e. The highest BCUT2D eigenvalue weighted by atomic mass is 35.5. The number of likely N-dealkylation sites (tertiary alicyclic amines) is 1. The van der Waals surface area contributed by atoms with Crippen LogP contribution in [0.3, 0.4) is 0 Å². The van der Waals surface area contributed by atoms with Crippen molar-refractivity contribution >= 4 is 39.3 Å². The predicted octanol–water partition coefficient (Wildman–Crippen LogP) is 4.61. The number of piperidine rings is 1. The molecular formula is C26H34ClN3O5S. The normalized spacial score (nSPS) is 14.9. The van der Waals surface area contributed by atoms with Crippen molar-refractivity contribution in [2.45, 2.75) is 51.0 Å². The molecule has 1 saturated heterocycles. The summed E-state index contributed by atoms with van der Waals surface area (Å²) in [5.41, 5.74) is 0.523. The molecule has 8 nitrogen and oxygen atoms in total. The molecule has 0 radical (unpaired) electrons.